The number of phenols is 1. The molecule has 0 amide bonds. The molecule has 1 aromatic carbocycles. The molecule has 0 spiro atoms. The minimum absolute atomic E-state index is 0.00651. The van der Waals surface area contributed by atoms with Crippen molar-refractivity contribution in [3.63, 3.8) is 0 Å². The molecule has 2 aromatic rings. The monoisotopic (exact) mass is 227 g/mol. The highest BCUT2D eigenvalue weighted by atomic mass is 32.1. The first-order valence-electron chi connectivity index (χ1n) is 4.26. The maximum Gasteiger partial charge on any atom is 0.396 e. The Bertz CT molecular complexity index is 545. The van der Waals surface area contributed by atoms with Gasteiger partial charge in [0.1, 0.15) is 11.3 Å². The van der Waals surface area contributed by atoms with Gasteiger partial charge in [-0.05, 0) is 6.07 Å². The highest BCUT2D eigenvalue weighted by Gasteiger charge is 2.14. The van der Waals surface area contributed by atoms with Gasteiger partial charge in [-0.2, -0.15) is 0 Å². The van der Waals surface area contributed by atoms with Crippen molar-refractivity contribution in [2.24, 2.45) is 5.73 Å². The molecule has 0 aliphatic rings. The number of hydrogen-bond donors (Lipinski definition) is 3. The smallest absolute Gasteiger partial charge is 0.396 e. The van der Waals surface area contributed by atoms with Gasteiger partial charge in [-0.25, -0.2) is 4.79 Å². The van der Waals surface area contributed by atoms with E-state index in [1.54, 1.807) is 0 Å². The Morgan fingerprint density at radius 1 is 1.53 bits per heavy atom. The van der Waals surface area contributed by atoms with Gasteiger partial charge in [-0.15, -0.1) is 0 Å². The number of nitrogens with two attached hydrogens (primary N) is 1. The fraction of sp³-hybridized carbons (Fsp3) is 0.222. The number of fused-ring (bicyclic) bond motifs is 1. The number of aliphatic hydroxyl groups excluding tert-OH is 1. The van der Waals surface area contributed by atoms with Crippen molar-refractivity contribution >= 4 is 21.6 Å². The fourth-order valence-electron chi connectivity index (χ4n) is 1.32. The number of phenolic OH excluding ortho intramolecular Hbond substituents is 1. The van der Waals surface area contributed by atoms with Crippen LogP contribution >= 0.6 is 11.3 Å². The van der Waals surface area contributed by atoms with Crippen LogP contribution in [0.1, 0.15) is 11.7 Å². The van der Waals surface area contributed by atoms with E-state index in [0.717, 1.165) is 11.3 Å². The van der Waals surface area contributed by atoms with Crippen LogP contribution in [0.5, 0.6) is 5.75 Å². The first kappa shape index (κ1) is 10.2. The maximum absolute atomic E-state index is 10.9. The number of rotatable bonds is 2. The van der Waals surface area contributed by atoms with Crippen LogP contribution in [-0.2, 0) is 0 Å². The largest absolute Gasteiger partial charge is 0.508 e. The summed E-state index contributed by atoms with van der Waals surface area (Å²) in [6, 6.07) is 2.82. The summed E-state index contributed by atoms with van der Waals surface area (Å²) >= 11 is 0.899. The number of aromatic hydroxyl groups is 1. The van der Waals surface area contributed by atoms with Crippen molar-refractivity contribution in [1.82, 2.24) is 0 Å². The quantitative estimate of drug-likeness (QED) is 0.696. The standard InChI is InChI=1S/C9H9NO4S/c10-3-6(12)4-1-7-8(2-5(4)11)15-9(13)14-7/h1-2,6,11-12H,3,10H2. The molecular weight excluding hydrogens is 218 g/mol. The molecule has 2 rings (SSSR count). The molecule has 0 radical (unpaired) electrons. The lowest BCUT2D eigenvalue weighted by atomic mass is 10.1. The Labute approximate surface area is 88.4 Å². The molecule has 0 bridgehead atoms. The molecule has 0 saturated carbocycles. The Balaban J connectivity index is 2.66. The van der Waals surface area contributed by atoms with E-state index in [9.17, 15) is 15.0 Å². The molecular formula is C9H9NO4S. The fourth-order valence-corrected chi connectivity index (χ4v) is 2.00. The van der Waals surface area contributed by atoms with Gasteiger partial charge in [0.2, 0.25) is 0 Å². The molecule has 0 aliphatic carbocycles. The minimum atomic E-state index is -0.959. The molecule has 6 heteroatoms. The second kappa shape index (κ2) is 3.65. The summed E-state index contributed by atoms with van der Waals surface area (Å²) in [5.74, 6) is -0.0856. The predicted molar refractivity (Wildman–Crippen MR) is 56.0 cm³/mol. The second-order valence-electron chi connectivity index (χ2n) is 3.06. The number of benzene rings is 1. The van der Waals surface area contributed by atoms with Gasteiger partial charge in [-0.1, -0.05) is 11.3 Å². The molecule has 80 valence electrons. The molecule has 1 atom stereocenters. The topological polar surface area (TPSA) is 96.7 Å². The summed E-state index contributed by atoms with van der Waals surface area (Å²) in [7, 11) is 0. The summed E-state index contributed by atoms with van der Waals surface area (Å²) in [5, 5.41) is 19.0. The molecule has 1 unspecified atom stereocenters. The molecule has 15 heavy (non-hydrogen) atoms. The van der Waals surface area contributed by atoms with E-state index < -0.39 is 11.0 Å². The Morgan fingerprint density at radius 3 is 2.93 bits per heavy atom. The molecule has 0 saturated heterocycles. The third kappa shape index (κ3) is 1.74. The highest BCUT2D eigenvalue weighted by Crippen LogP contribution is 2.30. The third-order valence-corrected chi connectivity index (χ3v) is 2.85. The van der Waals surface area contributed by atoms with Crippen molar-refractivity contribution in [3.8, 4) is 5.75 Å². The summed E-state index contributed by atoms with van der Waals surface area (Å²) in [6.07, 6.45) is -0.959. The molecule has 0 fully saturated rings. The van der Waals surface area contributed by atoms with E-state index in [4.69, 9.17) is 10.2 Å². The molecule has 0 aliphatic heterocycles. The molecule has 1 heterocycles. The first-order valence-corrected chi connectivity index (χ1v) is 5.08. The van der Waals surface area contributed by atoms with Crippen LogP contribution in [0.15, 0.2) is 21.3 Å². The van der Waals surface area contributed by atoms with Crippen LogP contribution < -0.4 is 10.7 Å². The van der Waals surface area contributed by atoms with Gasteiger partial charge in [0.05, 0.1) is 10.8 Å². The van der Waals surface area contributed by atoms with Crippen molar-refractivity contribution in [2.45, 2.75) is 6.10 Å². The van der Waals surface area contributed by atoms with Gasteiger partial charge in [0, 0.05) is 18.2 Å². The lowest BCUT2D eigenvalue weighted by Crippen LogP contribution is -2.11. The van der Waals surface area contributed by atoms with Gasteiger partial charge in [-0.3, -0.25) is 0 Å². The van der Waals surface area contributed by atoms with Crippen molar-refractivity contribution in [1.29, 1.82) is 0 Å². The Kier molecular flexibility index (Phi) is 2.47. The summed E-state index contributed by atoms with van der Waals surface area (Å²) in [6.45, 7) is -0.00651. The van der Waals surface area contributed by atoms with Gasteiger partial charge in [0.15, 0.2) is 0 Å². The number of hydrogen-bond acceptors (Lipinski definition) is 6. The van der Waals surface area contributed by atoms with Crippen LogP contribution in [0.25, 0.3) is 10.3 Å². The second-order valence-corrected chi connectivity index (χ2v) is 4.04. The van der Waals surface area contributed by atoms with Crippen LogP contribution in [0, 0.1) is 0 Å². The zero-order chi connectivity index (χ0) is 11.0. The van der Waals surface area contributed by atoms with E-state index in [1.807, 2.05) is 0 Å². The average molecular weight is 227 g/mol. The SMILES string of the molecule is NCC(O)c1cc2oc(=O)sc2cc1O. The maximum atomic E-state index is 10.9. The summed E-state index contributed by atoms with van der Waals surface area (Å²) in [5.41, 5.74) is 5.89. The van der Waals surface area contributed by atoms with Gasteiger partial charge < -0.3 is 20.4 Å². The van der Waals surface area contributed by atoms with E-state index in [2.05, 4.69) is 0 Å². The van der Waals surface area contributed by atoms with E-state index in [0.29, 0.717) is 10.3 Å². The van der Waals surface area contributed by atoms with Crippen LogP contribution in [0.2, 0.25) is 0 Å². The normalized spacial score (nSPS) is 13.2. The van der Waals surface area contributed by atoms with Gasteiger partial charge in [0.25, 0.3) is 0 Å². The summed E-state index contributed by atoms with van der Waals surface area (Å²) < 4.78 is 5.40. The van der Waals surface area contributed by atoms with Crippen LogP contribution in [0.3, 0.4) is 0 Å². The predicted octanol–water partition coefficient (Wildman–Crippen LogP) is 0.552. The summed E-state index contributed by atoms with van der Waals surface area (Å²) in [4.78, 5) is 10.5. The lowest BCUT2D eigenvalue weighted by Gasteiger charge is -2.09. The van der Waals surface area contributed by atoms with Crippen molar-refractivity contribution in [3.05, 3.63) is 27.4 Å². The zero-order valence-electron chi connectivity index (χ0n) is 7.64. The van der Waals surface area contributed by atoms with Crippen LogP contribution in [-0.4, -0.2) is 16.8 Å². The van der Waals surface area contributed by atoms with E-state index in [-0.39, 0.29) is 17.9 Å². The Hall–Kier alpha value is -1.37. The molecule has 1 aromatic heterocycles. The van der Waals surface area contributed by atoms with Crippen molar-refractivity contribution in [2.75, 3.05) is 6.54 Å². The number of aliphatic hydroxyl groups is 1. The highest BCUT2D eigenvalue weighted by molar-refractivity contribution is 7.16. The van der Waals surface area contributed by atoms with Crippen LogP contribution in [0.4, 0.5) is 0 Å². The van der Waals surface area contributed by atoms with E-state index in [1.165, 1.54) is 12.1 Å². The molecule has 5 nitrogen and oxygen atoms in total. The first-order chi connectivity index (χ1) is 7.11. The van der Waals surface area contributed by atoms with E-state index >= 15 is 0 Å². The lowest BCUT2D eigenvalue weighted by molar-refractivity contribution is 0.182. The zero-order valence-corrected chi connectivity index (χ0v) is 8.45. The van der Waals surface area contributed by atoms with Gasteiger partial charge >= 0.3 is 4.94 Å². The molecule has 4 N–H and O–H groups in total. The average Bonchev–Trinajstić information content (AvgIpc) is 2.55. The third-order valence-electron chi connectivity index (χ3n) is 2.06. The van der Waals surface area contributed by atoms with Crippen molar-refractivity contribution < 1.29 is 14.6 Å². The minimum Gasteiger partial charge on any atom is -0.508 e. The Morgan fingerprint density at radius 2 is 2.27 bits per heavy atom.